The van der Waals surface area contributed by atoms with Gasteiger partial charge in [0.15, 0.2) is 0 Å². The van der Waals surface area contributed by atoms with Crippen molar-refractivity contribution in [2.75, 3.05) is 18.9 Å². The zero-order valence-corrected chi connectivity index (χ0v) is 10.7. The average Bonchev–Trinajstić information content (AvgIpc) is 2.37. The number of carbonyl (C=O) groups excluding carboxylic acids is 1. The molecule has 1 unspecified atom stereocenters. The Bertz CT molecular complexity index is 359. The SMILES string of the molecule is CCCC(CCO)CNC(=O)c1ccc(N)cn1. The van der Waals surface area contributed by atoms with Crippen LogP contribution in [-0.2, 0) is 0 Å². The highest BCUT2D eigenvalue weighted by Crippen LogP contribution is 2.09. The summed E-state index contributed by atoms with van der Waals surface area (Å²) in [5.74, 6) is 0.117. The lowest BCUT2D eigenvalue weighted by molar-refractivity contribution is 0.0938. The molecule has 0 saturated heterocycles. The molecule has 1 aromatic heterocycles. The van der Waals surface area contributed by atoms with Crippen LogP contribution in [0.1, 0.15) is 36.7 Å². The molecule has 5 nitrogen and oxygen atoms in total. The van der Waals surface area contributed by atoms with E-state index in [9.17, 15) is 4.79 Å². The minimum atomic E-state index is -0.200. The van der Waals surface area contributed by atoms with Crippen LogP contribution in [0.2, 0.25) is 0 Å². The van der Waals surface area contributed by atoms with Crippen molar-refractivity contribution in [1.29, 1.82) is 0 Å². The molecule has 1 amide bonds. The fraction of sp³-hybridized carbons (Fsp3) is 0.538. The first-order valence-electron chi connectivity index (χ1n) is 6.28. The lowest BCUT2D eigenvalue weighted by Gasteiger charge is -2.15. The Kier molecular flexibility index (Phi) is 6.14. The van der Waals surface area contributed by atoms with Crippen molar-refractivity contribution in [3.05, 3.63) is 24.0 Å². The molecule has 0 aliphatic carbocycles. The number of hydrogen-bond acceptors (Lipinski definition) is 4. The second kappa shape index (κ2) is 7.66. The maximum Gasteiger partial charge on any atom is 0.269 e. The Morgan fingerprint density at radius 3 is 2.83 bits per heavy atom. The number of nitrogen functional groups attached to an aromatic ring is 1. The largest absolute Gasteiger partial charge is 0.397 e. The van der Waals surface area contributed by atoms with Crippen molar-refractivity contribution in [1.82, 2.24) is 10.3 Å². The molecule has 100 valence electrons. The zero-order valence-electron chi connectivity index (χ0n) is 10.7. The van der Waals surface area contributed by atoms with Gasteiger partial charge < -0.3 is 16.2 Å². The van der Waals surface area contributed by atoms with Crippen LogP contribution in [0.25, 0.3) is 0 Å². The summed E-state index contributed by atoms with van der Waals surface area (Å²) in [5.41, 5.74) is 6.41. The Balaban J connectivity index is 2.46. The molecule has 0 bridgehead atoms. The number of aliphatic hydroxyl groups excluding tert-OH is 1. The highest BCUT2D eigenvalue weighted by Gasteiger charge is 2.11. The van der Waals surface area contributed by atoms with E-state index in [1.165, 1.54) is 6.20 Å². The minimum absolute atomic E-state index is 0.153. The molecule has 1 heterocycles. The van der Waals surface area contributed by atoms with Crippen molar-refractivity contribution < 1.29 is 9.90 Å². The zero-order chi connectivity index (χ0) is 13.4. The standard InChI is InChI=1S/C13H21N3O2/c1-2-3-10(6-7-17)8-16-13(18)12-5-4-11(14)9-15-12/h4-5,9-10,17H,2-3,6-8,14H2,1H3,(H,16,18). The molecule has 0 saturated carbocycles. The maximum absolute atomic E-state index is 11.8. The summed E-state index contributed by atoms with van der Waals surface area (Å²) < 4.78 is 0. The number of amides is 1. The van der Waals surface area contributed by atoms with Crippen LogP contribution in [0.5, 0.6) is 0 Å². The third-order valence-corrected chi connectivity index (χ3v) is 2.80. The fourth-order valence-electron chi connectivity index (χ4n) is 1.81. The number of nitrogens with one attached hydrogen (secondary N) is 1. The van der Waals surface area contributed by atoms with E-state index in [1.807, 2.05) is 0 Å². The first-order valence-corrected chi connectivity index (χ1v) is 6.28. The van der Waals surface area contributed by atoms with E-state index >= 15 is 0 Å². The first kappa shape index (κ1) is 14.4. The number of rotatable bonds is 7. The van der Waals surface area contributed by atoms with Gasteiger partial charge in [-0.2, -0.15) is 0 Å². The molecule has 18 heavy (non-hydrogen) atoms. The van der Waals surface area contributed by atoms with Gasteiger partial charge in [-0.25, -0.2) is 4.98 Å². The second-order valence-electron chi connectivity index (χ2n) is 4.35. The highest BCUT2D eigenvalue weighted by atomic mass is 16.3. The maximum atomic E-state index is 11.8. The van der Waals surface area contributed by atoms with Gasteiger partial charge in [0, 0.05) is 13.2 Å². The van der Waals surface area contributed by atoms with Gasteiger partial charge in [-0.1, -0.05) is 13.3 Å². The lowest BCUT2D eigenvalue weighted by atomic mass is 10.0. The predicted octanol–water partition coefficient (Wildman–Crippen LogP) is 1.19. The quantitative estimate of drug-likeness (QED) is 0.679. The number of aromatic nitrogens is 1. The molecule has 0 aliphatic rings. The van der Waals surface area contributed by atoms with E-state index in [4.69, 9.17) is 10.8 Å². The number of nitrogens with two attached hydrogens (primary N) is 1. The number of aliphatic hydroxyl groups is 1. The van der Waals surface area contributed by atoms with E-state index in [-0.39, 0.29) is 12.5 Å². The van der Waals surface area contributed by atoms with Crippen molar-refractivity contribution >= 4 is 11.6 Å². The molecule has 0 aliphatic heterocycles. The van der Waals surface area contributed by atoms with E-state index < -0.39 is 0 Å². The molecular weight excluding hydrogens is 230 g/mol. The number of nitrogens with zero attached hydrogens (tertiary/aromatic N) is 1. The van der Waals surface area contributed by atoms with Crippen LogP contribution in [0, 0.1) is 5.92 Å². The van der Waals surface area contributed by atoms with E-state index in [0.717, 1.165) is 12.8 Å². The van der Waals surface area contributed by atoms with Crippen molar-refractivity contribution in [2.24, 2.45) is 5.92 Å². The fourth-order valence-corrected chi connectivity index (χ4v) is 1.81. The van der Waals surface area contributed by atoms with Gasteiger partial charge in [0.05, 0.1) is 11.9 Å². The molecular formula is C13H21N3O2. The van der Waals surface area contributed by atoms with Crippen LogP contribution < -0.4 is 11.1 Å². The Morgan fingerprint density at radius 1 is 1.50 bits per heavy atom. The van der Waals surface area contributed by atoms with Gasteiger partial charge >= 0.3 is 0 Å². The van der Waals surface area contributed by atoms with Crippen molar-refractivity contribution in [2.45, 2.75) is 26.2 Å². The monoisotopic (exact) mass is 251 g/mol. The van der Waals surface area contributed by atoms with Gasteiger partial charge in [-0.3, -0.25) is 4.79 Å². The van der Waals surface area contributed by atoms with E-state index in [1.54, 1.807) is 12.1 Å². The van der Waals surface area contributed by atoms with Crippen LogP contribution in [0.3, 0.4) is 0 Å². The van der Waals surface area contributed by atoms with Gasteiger partial charge in [0.25, 0.3) is 5.91 Å². The third-order valence-electron chi connectivity index (χ3n) is 2.80. The van der Waals surface area contributed by atoms with Crippen LogP contribution >= 0.6 is 0 Å². The van der Waals surface area contributed by atoms with Gasteiger partial charge in [-0.15, -0.1) is 0 Å². The Hall–Kier alpha value is -1.62. The number of anilines is 1. The molecule has 5 heteroatoms. The molecule has 1 aromatic rings. The molecule has 0 spiro atoms. The van der Waals surface area contributed by atoms with Crippen molar-refractivity contribution in [3.63, 3.8) is 0 Å². The summed E-state index contributed by atoms with van der Waals surface area (Å²) in [7, 11) is 0. The summed E-state index contributed by atoms with van der Waals surface area (Å²) in [6, 6.07) is 3.25. The summed E-state index contributed by atoms with van der Waals surface area (Å²) >= 11 is 0. The van der Waals surface area contributed by atoms with Crippen molar-refractivity contribution in [3.8, 4) is 0 Å². The molecule has 4 N–H and O–H groups in total. The summed E-state index contributed by atoms with van der Waals surface area (Å²) in [5, 5.41) is 11.8. The Labute approximate surface area is 107 Å². The predicted molar refractivity (Wildman–Crippen MR) is 71.1 cm³/mol. The average molecular weight is 251 g/mol. The molecule has 1 rings (SSSR count). The van der Waals surface area contributed by atoms with Gasteiger partial charge in [-0.05, 0) is 30.9 Å². The number of carbonyl (C=O) groups is 1. The lowest BCUT2D eigenvalue weighted by Crippen LogP contribution is -2.30. The second-order valence-corrected chi connectivity index (χ2v) is 4.35. The van der Waals surface area contributed by atoms with Crippen LogP contribution in [0.4, 0.5) is 5.69 Å². The summed E-state index contributed by atoms with van der Waals surface area (Å²) in [6.45, 7) is 2.81. The first-order chi connectivity index (χ1) is 8.67. The molecule has 0 aromatic carbocycles. The highest BCUT2D eigenvalue weighted by molar-refractivity contribution is 5.92. The van der Waals surface area contributed by atoms with Crippen LogP contribution in [0.15, 0.2) is 18.3 Å². The van der Waals surface area contributed by atoms with E-state index in [0.29, 0.717) is 30.3 Å². The van der Waals surface area contributed by atoms with Gasteiger partial charge in [0.1, 0.15) is 5.69 Å². The molecule has 0 radical (unpaired) electrons. The van der Waals surface area contributed by atoms with Crippen LogP contribution in [-0.4, -0.2) is 29.1 Å². The van der Waals surface area contributed by atoms with E-state index in [2.05, 4.69) is 17.2 Å². The Morgan fingerprint density at radius 2 is 2.28 bits per heavy atom. The topological polar surface area (TPSA) is 88.2 Å². The molecule has 1 atom stereocenters. The molecule has 0 fully saturated rings. The summed E-state index contributed by atoms with van der Waals surface area (Å²) in [4.78, 5) is 15.8. The minimum Gasteiger partial charge on any atom is -0.397 e. The normalized spacial score (nSPS) is 12.1. The smallest absolute Gasteiger partial charge is 0.269 e. The number of pyridine rings is 1. The summed E-state index contributed by atoms with van der Waals surface area (Å²) in [6.07, 6.45) is 4.21. The third kappa shape index (κ3) is 4.71. The number of hydrogen-bond donors (Lipinski definition) is 3. The van der Waals surface area contributed by atoms with Gasteiger partial charge in [0.2, 0.25) is 0 Å².